The molecule has 1 aromatic carbocycles. The number of rotatable bonds is 7. The number of unbranched alkanes of at least 4 members (excludes halogenated alkanes) is 3. The lowest BCUT2D eigenvalue weighted by Gasteiger charge is -2.00. The third-order valence-electron chi connectivity index (χ3n) is 4.67. The molecule has 0 bridgehead atoms. The second-order valence-corrected chi connectivity index (χ2v) is 9.41. The molecule has 0 aliphatic carbocycles. The van der Waals surface area contributed by atoms with Crippen LogP contribution in [0.15, 0.2) is 36.4 Å². The molecule has 0 fully saturated rings. The molecular formula is C21H22N2S3. The minimum absolute atomic E-state index is 1.03. The third-order valence-corrected chi connectivity index (χ3v) is 7.66. The van der Waals surface area contributed by atoms with Crippen LogP contribution in [0.5, 0.6) is 0 Å². The van der Waals surface area contributed by atoms with E-state index in [1.54, 1.807) is 0 Å². The van der Waals surface area contributed by atoms with Crippen LogP contribution in [0.2, 0.25) is 0 Å². The molecule has 26 heavy (non-hydrogen) atoms. The minimum atomic E-state index is 1.03. The summed E-state index contributed by atoms with van der Waals surface area (Å²) in [6.07, 6.45) is 6.52. The summed E-state index contributed by atoms with van der Waals surface area (Å²) in [5, 5.41) is 0. The van der Waals surface area contributed by atoms with E-state index in [0.29, 0.717) is 0 Å². The summed E-state index contributed by atoms with van der Waals surface area (Å²) in [5.74, 6) is 0. The predicted molar refractivity (Wildman–Crippen MR) is 117 cm³/mol. The molecule has 0 unspecified atom stereocenters. The van der Waals surface area contributed by atoms with Crippen molar-refractivity contribution in [3.05, 3.63) is 46.8 Å². The Bertz CT molecular complexity index is 1010. The van der Waals surface area contributed by atoms with E-state index < -0.39 is 0 Å². The Labute approximate surface area is 166 Å². The Hall–Kier alpha value is -1.56. The number of fused-ring (bicyclic) bond motifs is 1. The van der Waals surface area contributed by atoms with Crippen molar-refractivity contribution >= 4 is 45.4 Å². The van der Waals surface area contributed by atoms with Gasteiger partial charge in [0.05, 0.1) is 11.7 Å². The van der Waals surface area contributed by atoms with Crippen molar-refractivity contribution in [2.75, 3.05) is 0 Å². The summed E-state index contributed by atoms with van der Waals surface area (Å²) in [6.45, 7) is 4.36. The Morgan fingerprint density at radius 1 is 0.769 bits per heavy atom. The van der Waals surface area contributed by atoms with Crippen LogP contribution >= 0.6 is 34.4 Å². The normalized spacial score (nSPS) is 11.5. The summed E-state index contributed by atoms with van der Waals surface area (Å²) < 4.78 is 8.98. The van der Waals surface area contributed by atoms with Crippen molar-refractivity contribution in [2.24, 2.45) is 0 Å². The highest BCUT2D eigenvalue weighted by molar-refractivity contribution is 7.24. The SMILES string of the molecule is CCCCCCc1ccc(-c2ccc(-c3ccc(C)c4nsnc34)s2)s1. The van der Waals surface area contributed by atoms with Gasteiger partial charge in [0.2, 0.25) is 0 Å². The standard InChI is InChI=1S/C21H22N2S3/c1-3-4-5-6-7-15-9-11-18(24-15)19-13-12-17(25-19)16-10-8-14(2)20-21(16)23-26-22-20/h8-13H,3-7H2,1-2H3. The summed E-state index contributed by atoms with van der Waals surface area (Å²) in [6, 6.07) is 13.4. The largest absolute Gasteiger partial charge is 0.173 e. The molecule has 2 nitrogen and oxygen atoms in total. The zero-order chi connectivity index (χ0) is 17.9. The van der Waals surface area contributed by atoms with Crippen molar-refractivity contribution in [1.29, 1.82) is 0 Å². The lowest BCUT2D eigenvalue weighted by molar-refractivity contribution is 0.670. The maximum Gasteiger partial charge on any atom is 0.113 e. The Morgan fingerprint density at radius 2 is 1.54 bits per heavy atom. The first-order valence-electron chi connectivity index (χ1n) is 9.17. The second kappa shape index (κ2) is 7.99. The van der Waals surface area contributed by atoms with Crippen LogP contribution in [0.1, 0.15) is 43.0 Å². The van der Waals surface area contributed by atoms with Gasteiger partial charge in [0.15, 0.2) is 0 Å². The fourth-order valence-corrected chi connectivity index (χ4v) is 5.97. The van der Waals surface area contributed by atoms with Crippen molar-refractivity contribution < 1.29 is 0 Å². The molecule has 4 aromatic rings. The molecule has 0 spiro atoms. The monoisotopic (exact) mass is 398 g/mol. The van der Waals surface area contributed by atoms with Crippen LogP contribution < -0.4 is 0 Å². The zero-order valence-electron chi connectivity index (χ0n) is 15.1. The molecule has 0 aliphatic rings. The van der Waals surface area contributed by atoms with Gasteiger partial charge < -0.3 is 0 Å². The highest BCUT2D eigenvalue weighted by atomic mass is 32.1. The number of aromatic nitrogens is 2. The fourth-order valence-electron chi connectivity index (χ4n) is 3.17. The molecule has 0 aliphatic heterocycles. The van der Waals surface area contributed by atoms with E-state index in [-0.39, 0.29) is 0 Å². The quantitative estimate of drug-likeness (QED) is 0.300. The van der Waals surface area contributed by atoms with Gasteiger partial charge in [-0.1, -0.05) is 38.3 Å². The topological polar surface area (TPSA) is 25.8 Å². The van der Waals surface area contributed by atoms with E-state index in [0.717, 1.165) is 11.0 Å². The summed E-state index contributed by atoms with van der Waals surface area (Å²) in [7, 11) is 0. The lowest BCUT2D eigenvalue weighted by atomic mass is 10.1. The number of hydrogen-bond acceptors (Lipinski definition) is 5. The van der Waals surface area contributed by atoms with Crippen LogP contribution in [0, 0.1) is 6.92 Å². The number of nitrogens with zero attached hydrogens (tertiary/aromatic N) is 2. The Balaban J connectivity index is 1.56. The Morgan fingerprint density at radius 3 is 2.42 bits per heavy atom. The first-order valence-corrected chi connectivity index (χ1v) is 11.5. The van der Waals surface area contributed by atoms with Gasteiger partial charge >= 0.3 is 0 Å². The zero-order valence-corrected chi connectivity index (χ0v) is 17.6. The second-order valence-electron chi connectivity index (χ2n) is 6.63. The van der Waals surface area contributed by atoms with Gasteiger partial charge in [0, 0.05) is 25.1 Å². The van der Waals surface area contributed by atoms with E-state index >= 15 is 0 Å². The van der Waals surface area contributed by atoms with Gasteiger partial charge in [0.1, 0.15) is 11.0 Å². The first-order chi connectivity index (χ1) is 12.8. The van der Waals surface area contributed by atoms with Gasteiger partial charge in [-0.15, -0.1) is 22.7 Å². The van der Waals surface area contributed by atoms with Gasteiger partial charge in [-0.3, -0.25) is 0 Å². The fraction of sp³-hybridized carbons (Fsp3) is 0.333. The van der Waals surface area contributed by atoms with Crippen LogP contribution in [-0.4, -0.2) is 8.75 Å². The maximum atomic E-state index is 4.53. The summed E-state index contributed by atoms with van der Waals surface area (Å²) in [4.78, 5) is 5.51. The Kier molecular flexibility index (Phi) is 5.48. The van der Waals surface area contributed by atoms with Gasteiger partial charge in [0.25, 0.3) is 0 Å². The molecule has 4 rings (SSSR count). The van der Waals surface area contributed by atoms with Crippen LogP contribution in [0.3, 0.4) is 0 Å². The number of thiophene rings is 2. The predicted octanol–water partition coefficient (Wildman–Crippen LogP) is 7.58. The molecule has 0 radical (unpaired) electrons. The first kappa shape index (κ1) is 17.8. The molecular weight excluding hydrogens is 376 g/mol. The van der Waals surface area contributed by atoms with Crippen LogP contribution in [0.25, 0.3) is 31.2 Å². The average Bonchev–Trinajstić information content (AvgIpc) is 3.38. The highest BCUT2D eigenvalue weighted by Gasteiger charge is 2.13. The van der Waals surface area contributed by atoms with Crippen LogP contribution in [-0.2, 0) is 6.42 Å². The molecule has 0 amide bonds. The molecule has 134 valence electrons. The molecule has 3 aromatic heterocycles. The van der Waals surface area contributed by atoms with E-state index in [1.165, 1.54) is 74.5 Å². The van der Waals surface area contributed by atoms with Gasteiger partial charge in [-0.2, -0.15) is 8.75 Å². The lowest BCUT2D eigenvalue weighted by Crippen LogP contribution is -1.80. The van der Waals surface area contributed by atoms with Crippen molar-refractivity contribution in [2.45, 2.75) is 46.0 Å². The summed E-state index contributed by atoms with van der Waals surface area (Å²) >= 11 is 5.10. The van der Waals surface area contributed by atoms with E-state index in [9.17, 15) is 0 Å². The molecule has 0 saturated carbocycles. The number of aryl methyl sites for hydroxylation is 2. The average molecular weight is 399 g/mol. The highest BCUT2D eigenvalue weighted by Crippen LogP contribution is 2.40. The number of benzene rings is 1. The van der Waals surface area contributed by atoms with Crippen molar-refractivity contribution in [3.63, 3.8) is 0 Å². The summed E-state index contributed by atoms with van der Waals surface area (Å²) in [5.41, 5.74) is 4.46. The maximum absolute atomic E-state index is 4.53. The molecule has 0 atom stereocenters. The van der Waals surface area contributed by atoms with E-state index in [4.69, 9.17) is 0 Å². The van der Waals surface area contributed by atoms with Crippen molar-refractivity contribution in [3.8, 4) is 20.2 Å². The molecule has 3 heterocycles. The van der Waals surface area contributed by atoms with Gasteiger partial charge in [-0.25, -0.2) is 0 Å². The minimum Gasteiger partial charge on any atom is -0.173 e. The van der Waals surface area contributed by atoms with Gasteiger partial charge in [-0.05, 0) is 49.6 Å². The third kappa shape index (κ3) is 3.61. The van der Waals surface area contributed by atoms with E-state index in [2.05, 4.69) is 59.0 Å². The molecule has 0 saturated heterocycles. The molecule has 0 N–H and O–H groups in total. The smallest absolute Gasteiger partial charge is 0.113 e. The molecule has 5 heteroatoms. The number of hydrogen-bond donors (Lipinski definition) is 0. The van der Waals surface area contributed by atoms with E-state index in [1.807, 2.05) is 22.7 Å². The van der Waals surface area contributed by atoms with Crippen molar-refractivity contribution in [1.82, 2.24) is 8.75 Å². The van der Waals surface area contributed by atoms with Crippen LogP contribution in [0.4, 0.5) is 0 Å².